The van der Waals surface area contributed by atoms with E-state index in [0.717, 1.165) is 10.6 Å². The molecule has 0 aromatic heterocycles. The Kier molecular flexibility index (Phi) is 9.00. The number of halogens is 2. The molecular formula is C23H28Cl2N4O5S. The summed E-state index contributed by atoms with van der Waals surface area (Å²) < 4.78 is 33.7. The standard InChI is InChI=1S/C23H28Cl2N4O5S/c1-14-7-8-17(28-22(30)15(2)29-23(31)21(25)19(24)13-26-29)12-20(14)35(32,33)27-10-9-16-5-4-6-18(11-16)34-3/h4-8,11-12,15,19,21,26-27H,9-10,13H2,1-3H3,(H,28,30)/t15-,19?,21?/m0/s1. The van der Waals surface area contributed by atoms with Gasteiger partial charge in [0.1, 0.15) is 17.2 Å². The Morgan fingerprint density at radius 1 is 1.26 bits per heavy atom. The molecule has 1 aliphatic heterocycles. The van der Waals surface area contributed by atoms with Crippen molar-refractivity contribution in [1.82, 2.24) is 15.2 Å². The van der Waals surface area contributed by atoms with Crippen molar-refractivity contribution in [2.24, 2.45) is 0 Å². The third kappa shape index (κ3) is 6.65. The molecule has 3 rings (SSSR count). The van der Waals surface area contributed by atoms with Crippen LogP contribution in [-0.2, 0) is 26.0 Å². The number of hydrogen-bond acceptors (Lipinski definition) is 6. The minimum absolute atomic E-state index is 0.0478. The first-order chi connectivity index (χ1) is 16.5. The van der Waals surface area contributed by atoms with E-state index in [-0.39, 0.29) is 23.7 Å². The average Bonchev–Trinajstić information content (AvgIpc) is 2.83. The van der Waals surface area contributed by atoms with Gasteiger partial charge in [0.25, 0.3) is 5.91 Å². The summed E-state index contributed by atoms with van der Waals surface area (Å²) in [7, 11) is -2.27. The third-order valence-electron chi connectivity index (χ3n) is 5.60. The first-order valence-corrected chi connectivity index (χ1v) is 13.3. The number of rotatable bonds is 9. The molecule has 0 bridgehead atoms. The van der Waals surface area contributed by atoms with Crippen molar-refractivity contribution in [3.63, 3.8) is 0 Å². The Labute approximate surface area is 215 Å². The van der Waals surface area contributed by atoms with Gasteiger partial charge >= 0.3 is 0 Å². The number of hydrogen-bond donors (Lipinski definition) is 3. The zero-order chi connectivity index (χ0) is 25.8. The topological polar surface area (TPSA) is 117 Å². The van der Waals surface area contributed by atoms with Crippen LogP contribution in [0, 0.1) is 6.92 Å². The van der Waals surface area contributed by atoms with E-state index < -0.39 is 38.6 Å². The number of amides is 2. The van der Waals surface area contributed by atoms with E-state index in [9.17, 15) is 18.0 Å². The minimum Gasteiger partial charge on any atom is -0.497 e. The molecule has 3 atom stereocenters. The Balaban J connectivity index is 1.67. The quantitative estimate of drug-likeness (QED) is 0.419. The molecule has 1 heterocycles. The Hall–Kier alpha value is -2.37. The summed E-state index contributed by atoms with van der Waals surface area (Å²) in [5.74, 6) is -0.321. The van der Waals surface area contributed by atoms with Crippen LogP contribution in [0.15, 0.2) is 47.4 Å². The number of sulfonamides is 1. The number of nitrogens with one attached hydrogen (secondary N) is 3. The molecule has 12 heteroatoms. The number of anilines is 1. The van der Waals surface area contributed by atoms with Gasteiger partial charge in [-0.1, -0.05) is 18.2 Å². The summed E-state index contributed by atoms with van der Waals surface area (Å²) >= 11 is 12.0. The normalized spacial score (nSPS) is 19.3. The van der Waals surface area contributed by atoms with Gasteiger partial charge in [0.2, 0.25) is 15.9 Å². The lowest BCUT2D eigenvalue weighted by atomic mass is 10.1. The van der Waals surface area contributed by atoms with Crippen LogP contribution < -0.4 is 20.2 Å². The van der Waals surface area contributed by atoms with Gasteiger partial charge in [-0.15, -0.1) is 23.2 Å². The van der Waals surface area contributed by atoms with E-state index in [1.807, 2.05) is 24.3 Å². The second kappa shape index (κ2) is 11.6. The first-order valence-electron chi connectivity index (χ1n) is 10.9. The van der Waals surface area contributed by atoms with Crippen molar-refractivity contribution in [2.45, 2.75) is 42.0 Å². The highest BCUT2D eigenvalue weighted by Gasteiger charge is 2.38. The monoisotopic (exact) mass is 542 g/mol. The van der Waals surface area contributed by atoms with Gasteiger partial charge in [-0.05, 0) is 55.7 Å². The van der Waals surface area contributed by atoms with Crippen LogP contribution in [0.5, 0.6) is 5.75 Å². The summed E-state index contributed by atoms with van der Waals surface area (Å²) in [6.07, 6.45) is 0.477. The van der Waals surface area contributed by atoms with Crippen LogP contribution in [0.3, 0.4) is 0 Å². The lowest BCUT2D eigenvalue weighted by Gasteiger charge is -2.36. The van der Waals surface area contributed by atoms with Crippen LogP contribution in [0.2, 0.25) is 0 Å². The van der Waals surface area contributed by atoms with Crippen LogP contribution in [0.1, 0.15) is 18.1 Å². The highest BCUT2D eigenvalue weighted by molar-refractivity contribution is 7.89. The minimum atomic E-state index is -3.84. The zero-order valence-electron chi connectivity index (χ0n) is 19.5. The fourth-order valence-corrected chi connectivity index (χ4v) is 5.22. The van der Waals surface area contributed by atoms with Crippen molar-refractivity contribution in [3.05, 3.63) is 53.6 Å². The predicted molar refractivity (Wildman–Crippen MR) is 135 cm³/mol. The first kappa shape index (κ1) is 27.2. The molecule has 0 radical (unpaired) electrons. The van der Waals surface area contributed by atoms with Crippen LogP contribution in [0.25, 0.3) is 0 Å². The molecule has 3 N–H and O–H groups in total. The summed E-state index contributed by atoms with van der Waals surface area (Å²) in [6, 6.07) is 11.1. The number of ether oxygens (including phenoxy) is 1. The summed E-state index contributed by atoms with van der Waals surface area (Å²) in [5.41, 5.74) is 4.53. The molecule has 2 aromatic rings. The van der Waals surface area contributed by atoms with E-state index in [2.05, 4.69) is 15.5 Å². The van der Waals surface area contributed by atoms with Crippen LogP contribution >= 0.6 is 23.2 Å². The molecule has 190 valence electrons. The second-order valence-electron chi connectivity index (χ2n) is 8.13. The molecule has 1 fully saturated rings. The molecule has 0 aliphatic carbocycles. The van der Waals surface area contributed by atoms with E-state index in [4.69, 9.17) is 27.9 Å². The number of methoxy groups -OCH3 is 1. The number of carbonyl (C=O) groups excluding carboxylic acids is 2. The van der Waals surface area contributed by atoms with Gasteiger partial charge in [0.15, 0.2) is 0 Å². The Morgan fingerprint density at radius 2 is 2.00 bits per heavy atom. The highest BCUT2D eigenvalue weighted by atomic mass is 35.5. The average molecular weight is 543 g/mol. The van der Waals surface area contributed by atoms with Crippen molar-refractivity contribution in [3.8, 4) is 5.75 Å². The smallest absolute Gasteiger partial charge is 0.257 e. The number of benzene rings is 2. The lowest BCUT2D eigenvalue weighted by Crippen LogP contribution is -2.62. The van der Waals surface area contributed by atoms with E-state index in [1.54, 1.807) is 26.2 Å². The summed E-state index contributed by atoms with van der Waals surface area (Å²) in [4.78, 5) is 25.2. The molecule has 35 heavy (non-hydrogen) atoms. The van der Waals surface area contributed by atoms with Gasteiger partial charge in [0.05, 0.1) is 17.4 Å². The summed E-state index contributed by atoms with van der Waals surface area (Å²) in [6.45, 7) is 3.62. The molecule has 2 amide bonds. The van der Waals surface area contributed by atoms with Gasteiger partial charge in [-0.3, -0.25) is 14.6 Å². The molecule has 2 unspecified atom stereocenters. The highest BCUT2D eigenvalue weighted by Crippen LogP contribution is 2.22. The van der Waals surface area contributed by atoms with Gasteiger partial charge in [-0.25, -0.2) is 18.6 Å². The fourth-order valence-electron chi connectivity index (χ4n) is 3.55. The predicted octanol–water partition coefficient (Wildman–Crippen LogP) is 2.41. The molecule has 1 aliphatic rings. The van der Waals surface area contributed by atoms with Gasteiger partial charge in [-0.2, -0.15) is 0 Å². The fraction of sp³-hybridized carbons (Fsp3) is 0.391. The molecule has 0 saturated carbocycles. The molecule has 9 nitrogen and oxygen atoms in total. The summed E-state index contributed by atoms with van der Waals surface area (Å²) in [5, 5.41) is 2.26. The number of alkyl halides is 2. The zero-order valence-corrected chi connectivity index (χ0v) is 21.9. The number of carbonyl (C=O) groups is 2. The number of nitrogens with zero attached hydrogens (tertiary/aromatic N) is 1. The second-order valence-corrected chi connectivity index (χ2v) is 10.9. The molecule has 1 saturated heterocycles. The number of aryl methyl sites for hydroxylation is 1. The van der Waals surface area contributed by atoms with E-state index in [1.165, 1.54) is 13.0 Å². The maximum atomic E-state index is 13.0. The van der Waals surface area contributed by atoms with Crippen LogP contribution in [-0.4, -0.2) is 62.2 Å². The van der Waals surface area contributed by atoms with Crippen molar-refractivity contribution < 1.29 is 22.7 Å². The third-order valence-corrected chi connectivity index (χ3v) is 8.23. The maximum Gasteiger partial charge on any atom is 0.257 e. The van der Waals surface area contributed by atoms with Crippen molar-refractivity contribution >= 4 is 50.7 Å². The maximum absolute atomic E-state index is 13.0. The largest absolute Gasteiger partial charge is 0.497 e. The lowest BCUT2D eigenvalue weighted by molar-refractivity contribution is -0.143. The van der Waals surface area contributed by atoms with Crippen molar-refractivity contribution in [2.75, 3.05) is 25.5 Å². The number of hydrazine groups is 1. The molecule has 0 spiro atoms. The Bertz CT molecular complexity index is 1190. The van der Waals surface area contributed by atoms with Crippen LogP contribution in [0.4, 0.5) is 5.69 Å². The molecular weight excluding hydrogens is 515 g/mol. The SMILES string of the molecule is COc1cccc(CCNS(=O)(=O)c2cc(NC(=O)[C@H](C)N3NCC(Cl)C(Cl)C3=O)ccc2C)c1. The van der Waals surface area contributed by atoms with Gasteiger partial charge in [0, 0.05) is 18.8 Å². The van der Waals surface area contributed by atoms with E-state index in [0.29, 0.717) is 17.7 Å². The molecule has 2 aromatic carbocycles. The Morgan fingerprint density at radius 3 is 2.71 bits per heavy atom. The van der Waals surface area contributed by atoms with E-state index >= 15 is 0 Å². The van der Waals surface area contributed by atoms with Gasteiger partial charge < -0.3 is 10.1 Å². The van der Waals surface area contributed by atoms with Crippen molar-refractivity contribution in [1.29, 1.82) is 0 Å².